The largest absolute Gasteiger partial charge is 0.497 e. The summed E-state index contributed by atoms with van der Waals surface area (Å²) < 4.78 is 28.8. The van der Waals surface area contributed by atoms with Crippen LogP contribution < -0.4 is 4.74 Å². The monoisotopic (exact) mass is 382 g/mol. The molecule has 0 aromatic heterocycles. The zero-order chi connectivity index (χ0) is 19.3. The number of carbonyl (C=O) groups is 1. The third kappa shape index (κ3) is 4.98. The molecule has 6 nitrogen and oxygen atoms in total. The number of amides is 1. The maximum atomic E-state index is 12.9. The molecular weight excluding hydrogens is 352 g/mol. The SMILES string of the molecule is CCN(CC(=O)N(CC)C1CCS(=O)(=O)C1)C(C)c1cccc(OC)c1. The minimum atomic E-state index is -3.01. The molecule has 7 heteroatoms. The van der Waals surface area contributed by atoms with E-state index in [2.05, 4.69) is 11.8 Å². The molecule has 1 heterocycles. The molecule has 0 radical (unpaired) electrons. The molecule has 0 N–H and O–H groups in total. The highest BCUT2D eigenvalue weighted by molar-refractivity contribution is 7.91. The molecule has 0 aliphatic carbocycles. The van der Waals surface area contributed by atoms with Crippen LogP contribution in [-0.4, -0.2) is 68.4 Å². The Hall–Kier alpha value is -1.60. The zero-order valence-corrected chi connectivity index (χ0v) is 17.0. The van der Waals surface area contributed by atoms with Gasteiger partial charge in [0.05, 0.1) is 25.2 Å². The lowest BCUT2D eigenvalue weighted by molar-refractivity contribution is -0.134. The van der Waals surface area contributed by atoms with Crippen LogP contribution in [-0.2, 0) is 14.6 Å². The van der Waals surface area contributed by atoms with E-state index in [0.717, 1.165) is 17.9 Å². The van der Waals surface area contributed by atoms with Gasteiger partial charge in [0, 0.05) is 18.6 Å². The van der Waals surface area contributed by atoms with Gasteiger partial charge in [-0.25, -0.2) is 8.42 Å². The van der Waals surface area contributed by atoms with Gasteiger partial charge < -0.3 is 9.64 Å². The number of benzene rings is 1. The predicted molar refractivity (Wildman–Crippen MR) is 103 cm³/mol. The fourth-order valence-electron chi connectivity index (χ4n) is 3.56. The highest BCUT2D eigenvalue weighted by atomic mass is 32.2. The van der Waals surface area contributed by atoms with Crippen LogP contribution in [0.5, 0.6) is 5.75 Å². The van der Waals surface area contributed by atoms with Crippen molar-refractivity contribution in [2.45, 2.75) is 39.3 Å². The van der Waals surface area contributed by atoms with Crippen molar-refractivity contribution < 1.29 is 17.9 Å². The van der Waals surface area contributed by atoms with Gasteiger partial charge in [0.1, 0.15) is 5.75 Å². The average Bonchev–Trinajstić information content (AvgIpc) is 2.99. The van der Waals surface area contributed by atoms with E-state index >= 15 is 0 Å². The zero-order valence-electron chi connectivity index (χ0n) is 16.1. The van der Waals surface area contributed by atoms with Gasteiger partial charge in [0.15, 0.2) is 9.84 Å². The second-order valence-electron chi connectivity index (χ2n) is 6.75. The van der Waals surface area contributed by atoms with Crippen LogP contribution in [0.2, 0.25) is 0 Å². The first kappa shape index (κ1) is 20.7. The molecule has 0 spiro atoms. The molecule has 1 aliphatic rings. The summed E-state index contributed by atoms with van der Waals surface area (Å²) in [5.41, 5.74) is 1.09. The van der Waals surface area contributed by atoms with E-state index in [0.29, 0.717) is 13.0 Å². The number of nitrogens with zero attached hydrogens (tertiary/aromatic N) is 2. The lowest BCUT2D eigenvalue weighted by Gasteiger charge is -2.32. The summed E-state index contributed by atoms with van der Waals surface area (Å²) in [4.78, 5) is 16.7. The van der Waals surface area contributed by atoms with Crippen molar-refractivity contribution in [3.8, 4) is 5.75 Å². The first-order chi connectivity index (χ1) is 12.3. The van der Waals surface area contributed by atoms with Gasteiger partial charge in [0.2, 0.25) is 5.91 Å². The van der Waals surface area contributed by atoms with E-state index in [9.17, 15) is 13.2 Å². The van der Waals surface area contributed by atoms with Gasteiger partial charge in [0.25, 0.3) is 0 Å². The quantitative estimate of drug-likeness (QED) is 0.689. The molecule has 1 aromatic carbocycles. The van der Waals surface area contributed by atoms with E-state index in [4.69, 9.17) is 4.74 Å². The first-order valence-corrected chi connectivity index (χ1v) is 11.0. The highest BCUT2D eigenvalue weighted by Crippen LogP contribution is 2.24. The minimum absolute atomic E-state index is 0.00815. The number of sulfone groups is 1. The van der Waals surface area contributed by atoms with Crippen molar-refractivity contribution in [3.05, 3.63) is 29.8 Å². The Balaban J connectivity index is 2.08. The van der Waals surface area contributed by atoms with Crippen LogP contribution in [0.4, 0.5) is 0 Å². The van der Waals surface area contributed by atoms with E-state index in [-0.39, 0.29) is 36.0 Å². The maximum Gasteiger partial charge on any atom is 0.237 e. The Bertz CT molecular complexity index is 720. The van der Waals surface area contributed by atoms with Crippen molar-refractivity contribution in [1.82, 2.24) is 9.80 Å². The smallest absolute Gasteiger partial charge is 0.237 e. The summed E-state index contributed by atoms with van der Waals surface area (Å²) in [6.07, 6.45) is 0.541. The van der Waals surface area contributed by atoms with Crippen LogP contribution in [0, 0.1) is 0 Å². The molecule has 1 aromatic rings. The van der Waals surface area contributed by atoms with Gasteiger partial charge in [-0.05, 0) is 44.5 Å². The Labute approximate surface area is 157 Å². The summed E-state index contributed by atoms with van der Waals surface area (Å²) in [6, 6.07) is 7.73. The molecule has 1 aliphatic heterocycles. The van der Waals surface area contributed by atoms with E-state index in [1.54, 1.807) is 12.0 Å². The summed E-state index contributed by atoms with van der Waals surface area (Å²) in [5.74, 6) is 1.05. The Morgan fingerprint density at radius 2 is 2.04 bits per heavy atom. The Kier molecular flexibility index (Phi) is 7.06. The van der Waals surface area contributed by atoms with Crippen molar-refractivity contribution in [2.75, 3.05) is 38.2 Å². The van der Waals surface area contributed by atoms with Gasteiger partial charge in [-0.1, -0.05) is 19.1 Å². The van der Waals surface area contributed by atoms with Crippen LogP contribution in [0.1, 0.15) is 38.8 Å². The van der Waals surface area contributed by atoms with Crippen LogP contribution in [0.15, 0.2) is 24.3 Å². The molecule has 1 fully saturated rings. The molecule has 146 valence electrons. The van der Waals surface area contributed by atoms with Crippen molar-refractivity contribution in [3.63, 3.8) is 0 Å². The predicted octanol–water partition coefficient (Wildman–Crippen LogP) is 2.11. The lowest BCUT2D eigenvalue weighted by atomic mass is 10.1. The van der Waals surface area contributed by atoms with Crippen molar-refractivity contribution >= 4 is 15.7 Å². The summed E-state index contributed by atoms with van der Waals surface area (Å²) >= 11 is 0. The molecule has 26 heavy (non-hydrogen) atoms. The van der Waals surface area contributed by atoms with Crippen LogP contribution in [0.25, 0.3) is 0 Å². The normalized spacial score (nSPS) is 20.1. The second-order valence-corrected chi connectivity index (χ2v) is 8.98. The number of methoxy groups -OCH3 is 1. The summed E-state index contributed by atoms with van der Waals surface area (Å²) in [7, 11) is -1.37. The Morgan fingerprint density at radius 1 is 1.31 bits per heavy atom. The number of ether oxygens (including phenoxy) is 1. The fraction of sp³-hybridized carbons (Fsp3) is 0.632. The third-order valence-corrected chi connectivity index (χ3v) is 6.93. The second kappa shape index (κ2) is 8.86. The Morgan fingerprint density at radius 3 is 2.58 bits per heavy atom. The molecule has 0 saturated carbocycles. The molecule has 2 unspecified atom stereocenters. The van der Waals surface area contributed by atoms with Crippen molar-refractivity contribution in [2.24, 2.45) is 0 Å². The highest BCUT2D eigenvalue weighted by Gasteiger charge is 2.34. The fourth-order valence-corrected chi connectivity index (χ4v) is 5.29. The van der Waals surface area contributed by atoms with E-state index < -0.39 is 9.84 Å². The van der Waals surface area contributed by atoms with Gasteiger partial charge in [-0.3, -0.25) is 9.69 Å². The first-order valence-electron chi connectivity index (χ1n) is 9.19. The lowest BCUT2D eigenvalue weighted by Crippen LogP contribution is -2.46. The maximum absolute atomic E-state index is 12.9. The van der Waals surface area contributed by atoms with Gasteiger partial charge in [-0.15, -0.1) is 0 Å². The van der Waals surface area contributed by atoms with Gasteiger partial charge in [-0.2, -0.15) is 0 Å². The molecular formula is C19H30N2O4S. The van der Waals surface area contributed by atoms with E-state index in [1.165, 1.54) is 0 Å². The molecule has 1 amide bonds. The molecule has 2 atom stereocenters. The van der Waals surface area contributed by atoms with Crippen LogP contribution >= 0.6 is 0 Å². The molecule has 1 saturated heterocycles. The molecule has 2 rings (SSSR count). The third-order valence-electron chi connectivity index (χ3n) is 5.18. The van der Waals surface area contributed by atoms with Gasteiger partial charge >= 0.3 is 0 Å². The number of hydrogen-bond acceptors (Lipinski definition) is 5. The number of hydrogen-bond donors (Lipinski definition) is 0. The topological polar surface area (TPSA) is 66.9 Å². The van der Waals surface area contributed by atoms with Crippen LogP contribution in [0.3, 0.4) is 0 Å². The molecule has 0 bridgehead atoms. The van der Waals surface area contributed by atoms with E-state index in [1.807, 2.05) is 38.1 Å². The number of likely N-dealkylation sites (N-methyl/N-ethyl adjacent to an activating group) is 2. The summed E-state index contributed by atoms with van der Waals surface area (Å²) in [6.45, 7) is 7.54. The number of carbonyl (C=O) groups excluding carboxylic acids is 1. The summed E-state index contributed by atoms with van der Waals surface area (Å²) in [5, 5.41) is 0. The average molecular weight is 383 g/mol. The standard InChI is InChI=1S/C19H30N2O4S/c1-5-20(15(3)16-8-7-9-18(12-16)25-4)13-19(22)21(6-2)17-10-11-26(23,24)14-17/h7-9,12,15,17H,5-6,10-11,13-14H2,1-4H3. The van der Waals surface area contributed by atoms with Crippen molar-refractivity contribution in [1.29, 1.82) is 0 Å². The number of rotatable bonds is 8. The minimum Gasteiger partial charge on any atom is -0.497 e.